The van der Waals surface area contributed by atoms with Crippen LogP contribution in [0.5, 0.6) is 0 Å². The maximum absolute atomic E-state index is 12.4. The molecular weight excluding hydrogens is 406 g/mol. The van der Waals surface area contributed by atoms with Crippen molar-refractivity contribution in [2.24, 2.45) is 0 Å². The van der Waals surface area contributed by atoms with Crippen LogP contribution >= 0.6 is 0 Å². The van der Waals surface area contributed by atoms with Crippen LogP contribution < -0.4 is 32.8 Å². The van der Waals surface area contributed by atoms with Gasteiger partial charge < -0.3 is 31.3 Å². The highest BCUT2D eigenvalue weighted by molar-refractivity contribution is 5.70. The molecule has 0 amide bonds. The highest BCUT2D eigenvalue weighted by Gasteiger charge is 2.41. The van der Waals surface area contributed by atoms with Crippen molar-refractivity contribution in [3.05, 3.63) is 40.7 Å². The van der Waals surface area contributed by atoms with Gasteiger partial charge in [0.2, 0.25) is 5.95 Å². The normalized spacial score (nSPS) is 19.1. The molecule has 0 bridgehead atoms. The van der Waals surface area contributed by atoms with Gasteiger partial charge in [-0.15, -0.1) is 0 Å². The van der Waals surface area contributed by atoms with E-state index in [1.807, 2.05) is 30.3 Å². The maximum atomic E-state index is 12.4. The number of carbonyl (C=O) groups excluding carboxylic acids is 2. The molecule has 12 nitrogen and oxygen atoms in total. The van der Waals surface area contributed by atoms with E-state index in [-0.39, 0.29) is 17.5 Å². The van der Waals surface area contributed by atoms with E-state index in [2.05, 4.69) is 31.5 Å². The SMILES string of the molecule is CC(=O)O[C@H]([C@@H]1Nc2c(nc(N)[nH]c2=O)N[C@H]1NNc1ccccc1)[C@@H](C)OC(C)=O. The first-order chi connectivity index (χ1) is 14.7. The lowest BCUT2D eigenvalue weighted by molar-refractivity contribution is -0.165. The van der Waals surface area contributed by atoms with Crippen molar-refractivity contribution in [1.29, 1.82) is 0 Å². The number of aromatic nitrogens is 2. The van der Waals surface area contributed by atoms with Gasteiger partial charge in [0.15, 0.2) is 11.9 Å². The lowest BCUT2D eigenvalue weighted by Gasteiger charge is -2.40. The van der Waals surface area contributed by atoms with E-state index in [1.165, 1.54) is 13.8 Å². The molecule has 0 unspecified atom stereocenters. The first-order valence-electron chi connectivity index (χ1n) is 9.58. The summed E-state index contributed by atoms with van der Waals surface area (Å²) in [4.78, 5) is 42.2. The molecular formula is C19H25N7O5. The Bertz CT molecular complexity index is 997. The summed E-state index contributed by atoms with van der Waals surface area (Å²) in [6.07, 6.45) is -2.43. The predicted molar refractivity (Wildman–Crippen MR) is 114 cm³/mol. The number of benzene rings is 1. The Morgan fingerprint density at radius 1 is 1.13 bits per heavy atom. The molecule has 1 aromatic heterocycles. The number of hydrazine groups is 1. The van der Waals surface area contributed by atoms with Gasteiger partial charge in [0.1, 0.15) is 24.0 Å². The first-order valence-corrected chi connectivity index (χ1v) is 9.58. The number of ether oxygens (including phenoxy) is 2. The number of hydrogen-bond donors (Lipinski definition) is 6. The number of anilines is 4. The summed E-state index contributed by atoms with van der Waals surface area (Å²) in [6.45, 7) is 4.10. The van der Waals surface area contributed by atoms with Gasteiger partial charge in [-0.1, -0.05) is 18.2 Å². The van der Waals surface area contributed by atoms with Crippen molar-refractivity contribution in [1.82, 2.24) is 15.4 Å². The fourth-order valence-corrected chi connectivity index (χ4v) is 3.28. The number of aromatic amines is 1. The van der Waals surface area contributed by atoms with Crippen molar-refractivity contribution in [2.45, 2.75) is 45.2 Å². The largest absolute Gasteiger partial charge is 0.459 e. The van der Waals surface area contributed by atoms with Gasteiger partial charge in [-0.05, 0) is 19.1 Å². The Balaban J connectivity index is 1.94. The zero-order chi connectivity index (χ0) is 22.5. The van der Waals surface area contributed by atoms with Gasteiger partial charge in [-0.2, -0.15) is 4.98 Å². The third kappa shape index (κ3) is 5.42. The van der Waals surface area contributed by atoms with E-state index < -0.39 is 41.9 Å². The minimum absolute atomic E-state index is 0.0592. The number of carbonyl (C=O) groups is 2. The third-order valence-electron chi connectivity index (χ3n) is 4.52. The topological polar surface area (TPSA) is 172 Å². The number of nitrogens with zero attached hydrogens (tertiary/aromatic N) is 1. The molecule has 0 radical (unpaired) electrons. The van der Waals surface area contributed by atoms with Crippen LogP contribution in [0, 0.1) is 0 Å². The molecule has 0 spiro atoms. The standard InChI is InChI=1S/C19H25N7O5/c1-9(30-10(2)27)15(31-11(3)28)13-17(26-25-12-7-5-4-6-8-12)22-16-14(21-13)18(29)24-19(20)23-16/h4-9,13,15,17,21,25-26H,1-3H3,(H4,20,22,23,24,29)/t9-,13+,15+,17+/m1/s1. The Hall–Kier alpha value is -3.80. The molecule has 0 aliphatic carbocycles. The van der Waals surface area contributed by atoms with Crippen LogP contribution in [0.3, 0.4) is 0 Å². The number of nitrogens with one attached hydrogen (secondary N) is 5. The van der Waals surface area contributed by atoms with Crippen LogP contribution in [-0.2, 0) is 19.1 Å². The number of esters is 2. The van der Waals surface area contributed by atoms with Gasteiger partial charge in [-0.3, -0.25) is 19.4 Å². The van der Waals surface area contributed by atoms with Crippen molar-refractivity contribution in [3.63, 3.8) is 0 Å². The molecule has 1 aliphatic rings. The molecule has 7 N–H and O–H groups in total. The second kappa shape index (κ2) is 9.34. The second-order valence-electron chi connectivity index (χ2n) is 6.99. The molecule has 0 fully saturated rings. The summed E-state index contributed by atoms with van der Waals surface area (Å²) >= 11 is 0. The molecule has 166 valence electrons. The van der Waals surface area contributed by atoms with Gasteiger partial charge in [0, 0.05) is 19.5 Å². The molecule has 2 aromatic rings. The summed E-state index contributed by atoms with van der Waals surface area (Å²) in [5.74, 6) is -0.952. The average molecular weight is 431 g/mol. The van der Waals surface area contributed by atoms with Crippen molar-refractivity contribution >= 4 is 35.1 Å². The van der Waals surface area contributed by atoms with E-state index in [9.17, 15) is 14.4 Å². The highest BCUT2D eigenvalue weighted by atomic mass is 16.6. The van der Waals surface area contributed by atoms with E-state index in [0.717, 1.165) is 5.69 Å². The van der Waals surface area contributed by atoms with Crippen LogP contribution in [0.25, 0.3) is 0 Å². The van der Waals surface area contributed by atoms with Crippen LogP contribution in [-0.4, -0.2) is 46.3 Å². The maximum Gasteiger partial charge on any atom is 0.303 e. The zero-order valence-corrected chi connectivity index (χ0v) is 17.3. The molecule has 0 saturated carbocycles. The quantitative estimate of drug-likeness (QED) is 0.264. The summed E-state index contributed by atoms with van der Waals surface area (Å²) < 4.78 is 10.7. The van der Waals surface area contributed by atoms with Gasteiger partial charge in [-0.25, -0.2) is 5.43 Å². The number of fused-ring (bicyclic) bond motifs is 1. The molecule has 12 heteroatoms. The van der Waals surface area contributed by atoms with Crippen LogP contribution in [0.15, 0.2) is 35.1 Å². The van der Waals surface area contributed by atoms with Crippen LogP contribution in [0.1, 0.15) is 20.8 Å². The Labute approximate surface area is 177 Å². The van der Waals surface area contributed by atoms with Crippen LogP contribution in [0.4, 0.5) is 23.1 Å². The fourth-order valence-electron chi connectivity index (χ4n) is 3.28. The monoisotopic (exact) mass is 431 g/mol. The minimum Gasteiger partial charge on any atom is -0.459 e. The smallest absolute Gasteiger partial charge is 0.303 e. The zero-order valence-electron chi connectivity index (χ0n) is 17.3. The molecule has 3 rings (SSSR count). The highest BCUT2D eigenvalue weighted by Crippen LogP contribution is 2.27. The number of hydrogen-bond acceptors (Lipinski definition) is 11. The summed E-state index contributed by atoms with van der Waals surface area (Å²) in [5.41, 5.74) is 12.2. The summed E-state index contributed by atoms with van der Waals surface area (Å²) in [6, 6.07) is 8.54. The van der Waals surface area contributed by atoms with Gasteiger partial charge >= 0.3 is 11.9 Å². The number of H-pyrrole nitrogens is 1. The summed E-state index contributed by atoms with van der Waals surface area (Å²) in [5, 5.41) is 6.13. The van der Waals surface area contributed by atoms with E-state index in [1.54, 1.807) is 6.92 Å². The fraction of sp³-hybridized carbons (Fsp3) is 0.368. The minimum atomic E-state index is -0.950. The molecule has 0 saturated heterocycles. The molecule has 31 heavy (non-hydrogen) atoms. The van der Waals surface area contributed by atoms with E-state index in [4.69, 9.17) is 15.2 Å². The average Bonchev–Trinajstić information content (AvgIpc) is 2.70. The van der Waals surface area contributed by atoms with E-state index in [0.29, 0.717) is 0 Å². The molecule has 2 heterocycles. The lowest BCUT2D eigenvalue weighted by atomic mass is 10.0. The third-order valence-corrected chi connectivity index (χ3v) is 4.52. The number of para-hydroxylation sites is 1. The number of rotatable bonds is 7. The Kier molecular flexibility index (Phi) is 6.60. The second-order valence-corrected chi connectivity index (χ2v) is 6.99. The van der Waals surface area contributed by atoms with Crippen molar-refractivity contribution < 1.29 is 19.1 Å². The van der Waals surface area contributed by atoms with Crippen molar-refractivity contribution in [3.8, 4) is 0 Å². The Morgan fingerprint density at radius 3 is 2.45 bits per heavy atom. The first kappa shape index (κ1) is 21.9. The van der Waals surface area contributed by atoms with Crippen molar-refractivity contribution in [2.75, 3.05) is 21.8 Å². The summed E-state index contributed by atoms with van der Waals surface area (Å²) in [7, 11) is 0. The number of nitrogen functional groups attached to an aromatic ring is 1. The van der Waals surface area contributed by atoms with Gasteiger partial charge in [0.25, 0.3) is 5.56 Å². The Morgan fingerprint density at radius 2 is 1.81 bits per heavy atom. The molecule has 1 aromatic carbocycles. The van der Waals surface area contributed by atoms with Crippen LogP contribution in [0.2, 0.25) is 0 Å². The van der Waals surface area contributed by atoms with E-state index >= 15 is 0 Å². The number of nitrogens with two attached hydrogens (primary N) is 1. The molecule has 1 aliphatic heterocycles. The van der Waals surface area contributed by atoms with Gasteiger partial charge in [0.05, 0.1) is 0 Å². The molecule has 4 atom stereocenters. The predicted octanol–water partition coefficient (Wildman–Crippen LogP) is 0.384. The lowest BCUT2D eigenvalue weighted by Crippen LogP contribution is -2.62.